The van der Waals surface area contributed by atoms with Gasteiger partial charge in [-0.15, -0.1) is 0 Å². The number of carbonyl (C=O) groups excluding carboxylic acids is 2. The van der Waals surface area contributed by atoms with Crippen LogP contribution in [0.4, 0.5) is 23.2 Å². The Labute approximate surface area is 258 Å². The smallest absolute Gasteiger partial charge is 0.355 e. The number of hydrogen-bond donors (Lipinski definition) is 2. The molecule has 0 bridgehead atoms. The summed E-state index contributed by atoms with van der Waals surface area (Å²) in [6.07, 6.45) is 1.30. The fourth-order valence-corrected chi connectivity index (χ4v) is 5.62. The number of methoxy groups -OCH3 is 1. The first-order chi connectivity index (χ1) is 21.8. The lowest BCUT2D eigenvalue weighted by Gasteiger charge is -2.19. The van der Waals surface area contributed by atoms with E-state index in [2.05, 4.69) is 10.3 Å². The van der Waals surface area contributed by atoms with Crippen LogP contribution in [0.2, 0.25) is 0 Å². The van der Waals surface area contributed by atoms with Crippen LogP contribution in [-0.2, 0) is 33.0 Å². The Morgan fingerprint density at radius 1 is 0.978 bits per heavy atom. The number of nitrogens with zero attached hydrogens (tertiary/aromatic N) is 2. The topological polar surface area (TPSA) is 136 Å². The second kappa shape index (κ2) is 12.6. The van der Waals surface area contributed by atoms with E-state index in [9.17, 15) is 40.4 Å². The third-order valence-corrected chi connectivity index (χ3v) is 8.25. The highest BCUT2D eigenvalue weighted by Crippen LogP contribution is 2.30. The zero-order chi connectivity index (χ0) is 33.3. The van der Waals surface area contributed by atoms with E-state index in [1.807, 2.05) is 24.3 Å². The molecule has 2 aromatic heterocycles. The Hall–Kier alpha value is -5.31. The molecule has 5 aromatic rings. The molecular weight excluding hydrogens is 632 g/mol. The summed E-state index contributed by atoms with van der Waals surface area (Å²) in [7, 11) is -2.54. The van der Waals surface area contributed by atoms with Gasteiger partial charge in [0, 0.05) is 36.2 Å². The first-order valence-corrected chi connectivity index (χ1v) is 15.0. The number of amides is 1. The van der Waals surface area contributed by atoms with E-state index in [-0.39, 0.29) is 12.0 Å². The van der Waals surface area contributed by atoms with E-state index >= 15 is 0 Å². The third kappa shape index (κ3) is 6.13. The number of aryl methyl sites for hydroxylation is 1. The van der Waals surface area contributed by atoms with Gasteiger partial charge in [-0.2, -0.15) is 8.78 Å². The minimum Gasteiger partial charge on any atom is -0.467 e. The summed E-state index contributed by atoms with van der Waals surface area (Å²) in [5.74, 6) is -9.39. The SMILES string of the molecule is COC(=O)[C@H](Cc1ccc(-c2cc3ccccc3n(C)c2=O)c2ncccc12)NC(=O)c1c(F)cc(NS(=O)(=O)C(F)F)cc1F. The Morgan fingerprint density at radius 2 is 1.67 bits per heavy atom. The highest BCUT2D eigenvalue weighted by molar-refractivity contribution is 7.93. The van der Waals surface area contributed by atoms with Gasteiger partial charge in [-0.3, -0.25) is 19.3 Å². The Kier molecular flexibility index (Phi) is 8.79. The number of carbonyl (C=O) groups is 2. The number of aromatic nitrogens is 2. The molecule has 0 saturated carbocycles. The highest BCUT2D eigenvalue weighted by Gasteiger charge is 2.29. The summed E-state index contributed by atoms with van der Waals surface area (Å²) in [5.41, 5.74) is 0.170. The zero-order valence-electron chi connectivity index (χ0n) is 24.1. The second-order valence-electron chi connectivity index (χ2n) is 10.1. The number of nitrogens with one attached hydrogen (secondary N) is 2. The van der Waals surface area contributed by atoms with Crippen LogP contribution in [0.1, 0.15) is 15.9 Å². The number of hydrogen-bond acceptors (Lipinski definition) is 7. The average molecular weight is 657 g/mol. The van der Waals surface area contributed by atoms with Crippen LogP contribution in [0.3, 0.4) is 0 Å². The molecule has 2 heterocycles. The molecular formula is C31H24F4N4O6S. The van der Waals surface area contributed by atoms with E-state index < -0.39 is 56.6 Å². The number of ether oxygens (including phenoxy) is 1. The van der Waals surface area contributed by atoms with Crippen molar-refractivity contribution >= 4 is 49.4 Å². The van der Waals surface area contributed by atoms with E-state index in [1.165, 1.54) is 15.5 Å². The predicted octanol–water partition coefficient (Wildman–Crippen LogP) is 4.51. The van der Waals surface area contributed by atoms with E-state index in [4.69, 9.17) is 4.74 Å². The first kappa shape index (κ1) is 32.1. The van der Waals surface area contributed by atoms with Crippen molar-refractivity contribution in [2.24, 2.45) is 7.05 Å². The van der Waals surface area contributed by atoms with Crippen molar-refractivity contribution in [3.05, 3.63) is 106 Å². The van der Waals surface area contributed by atoms with Crippen molar-refractivity contribution in [3.8, 4) is 11.1 Å². The highest BCUT2D eigenvalue weighted by atomic mass is 32.2. The number of esters is 1. The van der Waals surface area contributed by atoms with Gasteiger partial charge in [0.05, 0.1) is 23.8 Å². The Bertz CT molecular complexity index is 2170. The molecule has 10 nitrogen and oxygen atoms in total. The van der Waals surface area contributed by atoms with Gasteiger partial charge >= 0.3 is 11.7 Å². The number of rotatable bonds is 9. The number of para-hydroxylation sites is 1. The van der Waals surface area contributed by atoms with Crippen molar-refractivity contribution in [2.45, 2.75) is 18.2 Å². The van der Waals surface area contributed by atoms with Crippen LogP contribution < -0.4 is 15.6 Å². The average Bonchev–Trinajstić information content (AvgIpc) is 3.01. The van der Waals surface area contributed by atoms with Crippen molar-refractivity contribution in [2.75, 3.05) is 11.8 Å². The fourth-order valence-electron chi connectivity index (χ4n) is 5.09. The summed E-state index contributed by atoms with van der Waals surface area (Å²) in [4.78, 5) is 43.5. The van der Waals surface area contributed by atoms with Crippen LogP contribution in [0, 0.1) is 11.6 Å². The molecule has 0 unspecified atom stereocenters. The first-order valence-electron chi connectivity index (χ1n) is 13.5. The molecule has 0 spiro atoms. The molecule has 1 amide bonds. The maximum Gasteiger partial charge on any atom is 0.355 e. The molecule has 2 N–H and O–H groups in total. The Balaban J connectivity index is 1.49. The van der Waals surface area contributed by atoms with Gasteiger partial charge in [-0.25, -0.2) is 22.0 Å². The third-order valence-electron chi connectivity index (χ3n) is 7.26. The summed E-state index contributed by atoms with van der Waals surface area (Å²) >= 11 is 0. The van der Waals surface area contributed by atoms with Crippen LogP contribution >= 0.6 is 0 Å². The molecule has 0 aliphatic rings. The van der Waals surface area contributed by atoms with Gasteiger partial charge in [0.2, 0.25) is 0 Å². The summed E-state index contributed by atoms with van der Waals surface area (Å²) in [6.45, 7) is 0. The standard InChI is InChI=1S/C31H24F4N4O6S/c1-39-25-8-4-3-6-17(25)12-21(29(39)41)20-10-9-16(19-7-5-11-36-27(19)20)13-24(30(42)45-2)37-28(40)26-22(32)14-18(15-23(26)33)38-46(43,44)31(34)35/h3-12,14-15,24,31,38H,13H2,1-2H3,(H,37,40)/t24-/m0/s1. The van der Waals surface area contributed by atoms with Gasteiger partial charge in [0.25, 0.3) is 21.5 Å². The largest absolute Gasteiger partial charge is 0.467 e. The normalized spacial score (nSPS) is 12.3. The molecule has 0 radical (unpaired) electrons. The zero-order valence-corrected chi connectivity index (χ0v) is 24.9. The van der Waals surface area contributed by atoms with Gasteiger partial charge < -0.3 is 14.6 Å². The maximum atomic E-state index is 14.8. The minimum absolute atomic E-state index is 0.230. The van der Waals surface area contributed by atoms with Crippen molar-refractivity contribution < 1.29 is 40.3 Å². The van der Waals surface area contributed by atoms with E-state index in [1.54, 1.807) is 37.4 Å². The summed E-state index contributed by atoms with van der Waals surface area (Å²) in [6, 6.07) is 14.9. The molecule has 0 aliphatic heterocycles. The van der Waals surface area contributed by atoms with Crippen molar-refractivity contribution in [3.63, 3.8) is 0 Å². The quantitative estimate of drug-likeness (QED) is 0.176. The van der Waals surface area contributed by atoms with E-state index in [0.29, 0.717) is 39.7 Å². The second-order valence-corrected chi connectivity index (χ2v) is 11.8. The van der Waals surface area contributed by atoms with Crippen molar-refractivity contribution in [1.82, 2.24) is 14.9 Å². The van der Waals surface area contributed by atoms with Crippen LogP contribution in [-0.4, -0.2) is 48.8 Å². The number of halogens is 4. The summed E-state index contributed by atoms with van der Waals surface area (Å²) in [5, 5.41) is 3.56. The van der Waals surface area contributed by atoms with Crippen LogP contribution in [0.5, 0.6) is 0 Å². The van der Waals surface area contributed by atoms with Gasteiger partial charge in [-0.05, 0) is 41.3 Å². The lowest BCUT2D eigenvalue weighted by atomic mass is 9.95. The van der Waals surface area contributed by atoms with Gasteiger partial charge in [-0.1, -0.05) is 36.4 Å². The molecule has 0 saturated heterocycles. The Morgan fingerprint density at radius 3 is 2.35 bits per heavy atom. The maximum absolute atomic E-state index is 14.8. The molecule has 0 fully saturated rings. The number of fused-ring (bicyclic) bond motifs is 2. The molecule has 5 rings (SSSR count). The lowest BCUT2D eigenvalue weighted by Crippen LogP contribution is -2.43. The molecule has 46 heavy (non-hydrogen) atoms. The molecule has 0 aliphatic carbocycles. The monoisotopic (exact) mass is 656 g/mol. The predicted molar refractivity (Wildman–Crippen MR) is 162 cm³/mol. The molecule has 1 atom stereocenters. The fraction of sp³-hybridized carbons (Fsp3) is 0.161. The molecule has 3 aromatic carbocycles. The van der Waals surface area contributed by atoms with Crippen LogP contribution in [0.25, 0.3) is 32.9 Å². The molecule has 238 valence electrons. The molecule has 15 heteroatoms. The number of sulfonamides is 1. The summed E-state index contributed by atoms with van der Waals surface area (Å²) < 4.78 is 85.4. The van der Waals surface area contributed by atoms with Gasteiger partial charge in [0.1, 0.15) is 23.2 Å². The van der Waals surface area contributed by atoms with Gasteiger partial charge in [0.15, 0.2) is 0 Å². The lowest BCUT2D eigenvalue weighted by molar-refractivity contribution is -0.142. The van der Waals surface area contributed by atoms with Crippen LogP contribution in [0.15, 0.2) is 77.7 Å². The van der Waals surface area contributed by atoms with E-state index in [0.717, 1.165) is 18.0 Å². The minimum atomic E-state index is -5.24. The number of benzene rings is 3. The number of anilines is 1. The number of pyridine rings is 2. The number of alkyl halides is 2. The van der Waals surface area contributed by atoms with Crippen molar-refractivity contribution in [1.29, 1.82) is 0 Å².